The van der Waals surface area contributed by atoms with Gasteiger partial charge in [0.25, 0.3) is 0 Å². The molecule has 0 rings (SSSR count). The van der Waals surface area contributed by atoms with Crippen molar-refractivity contribution < 1.29 is 37.6 Å². The van der Waals surface area contributed by atoms with Crippen molar-refractivity contribution in [3.63, 3.8) is 0 Å². The Morgan fingerprint density at radius 2 is 0.636 bits per heavy atom. The second-order valence-electron chi connectivity index (χ2n) is 23.0. The van der Waals surface area contributed by atoms with E-state index < -0.39 is 26.5 Å². The monoisotopic (exact) mass is 1110 g/mol. The largest absolute Gasteiger partial charge is 0.472 e. The third kappa shape index (κ3) is 63.5. The van der Waals surface area contributed by atoms with E-state index in [1.165, 1.54) is 295 Å². The van der Waals surface area contributed by atoms with Crippen molar-refractivity contribution in [3.05, 3.63) is 24.3 Å². The summed E-state index contributed by atoms with van der Waals surface area (Å²) < 4.78 is 33.2. The maximum Gasteiger partial charge on any atom is 0.472 e. The summed E-state index contributed by atoms with van der Waals surface area (Å²) in [6.45, 7) is 3.82. The molecule has 0 aliphatic carbocycles. The van der Waals surface area contributed by atoms with Crippen LogP contribution in [-0.4, -0.2) is 49.3 Å². The fourth-order valence-electron chi connectivity index (χ4n) is 10.3. The number of rotatable bonds is 65. The molecule has 2 atom stereocenters. The molecular formula is C67H130NO8P. The minimum atomic E-state index is -4.39. The number of hydrogen-bond acceptors (Lipinski definition) is 8. The highest BCUT2D eigenvalue weighted by molar-refractivity contribution is 7.47. The van der Waals surface area contributed by atoms with Crippen LogP contribution in [0.4, 0.5) is 0 Å². The minimum Gasteiger partial charge on any atom is -0.462 e. The molecule has 0 saturated heterocycles. The number of carbonyl (C=O) groups is 2. The van der Waals surface area contributed by atoms with Crippen LogP contribution in [0.3, 0.4) is 0 Å². The van der Waals surface area contributed by atoms with Crippen LogP contribution in [0.2, 0.25) is 0 Å². The van der Waals surface area contributed by atoms with Gasteiger partial charge in [0.1, 0.15) is 6.61 Å². The van der Waals surface area contributed by atoms with Gasteiger partial charge in [0.05, 0.1) is 13.2 Å². The van der Waals surface area contributed by atoms with Gasteiger partial charge < -0.3 is 20.1 Å². The Morgan fingerprint density at radius 1 is 0.377 bits per heavy atom. The molecule has 0 saturated carbocycles. The Labute approximate surface area is 478 Å². The first-order valence-electron chi connectivity index (χ1n) is 33.8. The average molecular weight is 1110 g/mol. The zero-order valence-electron chi connectivity index (χ0n) is 51.2. The molecule has 3 N–H and O–H groups in total. The van der Waals surface area contributed by atoms with E-state index in [9.17, 15) is 19.0 Å². The van der Waals surface area contributed by atoms with Gasteiger partial charge in [0, 0.05) is 19.4 Å². The summed E-state index contributed by atoms with van der Waals surface area (Å²) in [6, 6.07) is 0. The van der Waals surface area contributed by atoms with Crippen molar-refractivity contribution in [1.29, 1.82) is 0 Å². The van der Waals surface area contributed by atoms with Crippen molar-refractivity contribution in [1.82, 2.24) is 0 Å². The smallest absolute Gasteiger partial charge is 0.462 e. The fourth-order valence-corrected chi connectivity index (χ4v) is 11.0. The lowest BCUT2D eigenvalue weighted by atomic mass is 10.0. The number of allylic oxidation sites excluding steroid dienone is 4. The zero-order valence-corrected chi connectivity index (χ0v) is 52.1. The summed E-state index contributed by atoms with van der Waals surface area (Å²) in [7, 11) is -4.39. The van der Waals surface area contributed by atoms with Crippen molar-refractivity contribution in [2.45, 2.75) is 367 Å². The maximum absolute atomic E-state index is 12.7. The molecule has 0 aromatic heterocycles. The molecule has 0 bridgehead atoms. The minimum absolute atomic E-state index is 0.0564. The van der Waals surface area contributed by atoms with E-state index in [4.69, 9.17) is 24.3 Å². The van der Waals surface area contributed by atoms with Crippen molar-refractivity contribution in [2.75, 3.05) is 26.4 Å². The molecule has 456 valence electrons. The highest BCUT2D eigenvalue weighted by Crippen LogP contribution is 2.43. The molecule has 9 nitrogen and oxygen atoms in total. The summed E-state index contributed by atoms with van der Waals surface area (Å²) in [6.07, 6.45) is 77.0. The number of unbranched alkanes of at least 4 members (excludes halogenated alkanes) is 48. The molecule has 2 unspecified atom stereocenters. The van der Waals surface area contributed by atoms with Crippen molar-refractivity contribution >= 4 is 19.8 Å². The standard InChI is InChI=1S/C67H130NO8P/c1-3-5-7-9-11-13-15-17-19-21-23-25-27-29-30-31-32-33-34-36-38-40-42-44-46-48-50-52-54-56-58-60-67(70)76-65(64-75-77(71,72)74-62-61-68)63-73-66(69)59-57-55-53-51-49-47-45-43-41-39-37-35-28-26-24-22-20-18-16-14-12-10-8-6-4-2/h21-24,65H,3-20,25-64,68H2,1-2H3,(H,71,72)/b23-21-,24-22-. The second kappa shape index (κ2) is 63.7. The molecule has 10 heteroatoms. The zero-order chi connectivity index (χ0) is 55.9. The quantitative estimate of drug-likeness (QED) is 0.0264. The topological polar surface area (TPSA) is 134 Å². The first kappa shape index (κ1) is 75.5. The Hall–Kier alpha value is -1.51. The van der Waals surface area contributed by atoms with Gasteiger partial charge in [0.2, 0.25) is 0 Å². The Morgan fingerprint density at radius 3 is 0.922 bits per heavy atom. The third-order valence-electron chi connectivity index (χ3n) is 15.3. The molecule has 0 aliphatic heterocycles. The van der Waals surface area contributed by atoms with Crippen molar-refractivity contribution in [3.8, 4) is 0 Å². The fraction of sp³-hybridized carbons (Fsp3) is 0.910. The number of carbonyl (C=O) groups excluding carboxylic acids is 2. The van der Waals surface area contributed by atoms with E-state index >= 15 is 0 Å². The molecule has 0 heterocycles. The number of ether oxygens (including phenoxy) is 2. The highest BCUT2D eigenvalue weighted by Gasteiger charge is 2.26. The Bertz CT molecular complexity index is 1310. The summed E-state index contributed by atoms with van der Waals surface area (Å²) in [4.78, 5) is 35.3. The van der Waals surface area contributed by atoms with Gasteiger partial charge in [-0.1, -0.05) is 308 Å². The van der Waals surface area contributed by atoms with Crippen molar-refractivity contribution in [2.24, 2.45) is 5.73 Å². The number of nitrogens with two attached hydrogens (primary N) is 1. The molecule has 77 heavy (non-hydrogen) atoms. The maximum atomic E-state index is 12.7. The molecule has 0 spiro atoms. The molecule has 0 aromatic rings. The average Bonchev–Trinajstić information content (AvgIpc) is 3.42. The van der Waals surface area contributed by atoms with Gasteiger partial charge in [-0.2, -0.15) is 0 Å². The van der Waals surface area contributed by atoms with Gasteiger partial charge >= 0.3 is 19.8 Å². The van der Waals surface area contributed by atoms with Crippen LogP contribution in [0.25, 0.3) is 0 Å². The van der Waals surface area contributed by atoms with E-state index in [-0.39, 0.29) is 38.6 Å². The van der Waals surface area contributed by atoms with Crippen LogP contribution in [0.1, 0.15) is 361 Å². The predicted molar refractivity (Wildman–Crippen MR) is 331 cm³/mol. The van der Waals surface area contributed by atoms with Crippen LogP contribution < -0.4 is 5.73 Å². The lowest BCUT2D eigenvalue weighted by Gasteiger charge is -2.19. The number of phosphoric ester groups is 1. The highest BCUT2D eigenvalue weighted by atomic mass is 31.2. The molecule has 0 fully saturated rings. The second-order valence-corrected chi connectivity index (χ2v) is 24.5. The molecule has 0 aliphatic rings. The van der Waals surface area contributed by atoms with E-state index in [0.29, 0.717) is 6.42 Å². The predicted octanol–water partition coefficient (Wildman–Crippen LogP) is 21.8. The summed E-state index contributed by atoms with van der Waals surface area (Å²) in [5.74, 6) is -0.806. The van der Waals surface area contributed by atoms with Crippen LogP contribution in [0.5, 0.6) is 0 Å². The van der Waals surface area contributed by atoms with E-state index in [0.717, 1.165) is 32.1 Å². The Kier molecular flexibility index (Phi) is 62.4. The molecule has 0 aromatic carbocycles. The van der Waals surface area contributed by atoms with Crippen LogP contribution >= 0.6 is 7.82 Å². The Balaban J connectivity index is 3.84. The molecular weight excluding hydrogens is 978 g/mol. The first-order chi connectivity index (χ1) is 37.8. The van der Waals surface area contributed by atoms with Gasteiger partial charge in [0.15, 0.2) is 6.10 Å². The summed E-state index contributed by atoms with van der Waals surface area (Å²) in [5, 5.41) is 0. The lowest BCUT2D eigenvalue weighted by molar-refractivity contribution is -0.161. The SMILES string of the molecule is CCCCCCCCCC/C=C\CCCCCCCCCCCCCCCCCCCCCC(=O)OC(COC(=O)CCCCCCCCCCCCCCC/C=C\CCCCCCCCCC)COP(=O)(O)OCCN. The number of esters is 2. The summed E-state index contributed by atoms with van der Waals surface area (Å²) >= 11 is 0. The third-order valence-corrected chi connectivity index (χ3v) is 16.3. The van der Waals surface area contributed by atoms with Crippen LogP contribution in [-0.2, 0) is 32.7 Å². The summed E-state index contributed by atoms with van der Waals surface area (Å²) in [5.41, 5.74) is 5.40. The van der Waals surface area contributed by atoms with Gasteiger partial charge in [-0.15, -0.1) is 0 Å². The first-order valence-corrected chi connectivity index (χ1v) is 35.3. The number of hydrogen-bond donors (Lipinski definition) is 2. The van der Waals surface area contributed by atoms with E-state index in [2.05, 4.69) is 38.2 Å². The van der Waals surface area contributed by atoms with Crippen LogP contribution in [0, 0.1) is 0 Å². The van der Waals surface area contributed by atoms with Gasteiger partial charge in [-0.25, -0.2) is 4.57 Å². The van der Waals surface area contributed by atoms with Gasteiger partial charge in [-0.05, 0) is 64.2 Å². The van der Waals surface area contributed by atoms with E-state index in [1.807, 2.05) is 0 Å². The molecule has 0 radical (unpaired) electrons. The number of phosphoric acid groups is 1. The molecule has 0 amide bonds. The normalized spacial score (nSPS) is 13.0. The lowest BCUT2D eigenvalue weighted by Crippen LogP contribution is -2.29. The van der Waals surface area contributed by atoms with Crippen LogP contribution in [0.15, 0.2) is 24.3 Å². The van der Waals surface area contributed by atoms with E-state index in [1.54, 1.807) is 0 Å². The van der Waals surface area contributed by atoms with Gasteiger partial charge in [-0.3, -0.25) is 18.6 Å².